The second-order valence-corrected chi connectivity index (χ2v) is 4.02. The van der Waals surface area contributed by atoms with E-state index in [1.54, 1.807) is 0 Å². The summed E-state index contributed by atoms with van der Waals surface area (Å²) in [4.78, 5) is 0. The van der Waals surface area contributed by atoms with Crippen molar-refractivity contribution in [3.8, 4) is 0 Å². The summed E-state index contributed by atoms with van der Waals surface area (Å²) in [6, 6.07) is 5.20. The summed E-state index contributed by atoms with van der Waals surface area (Å²) < 4.78 is 47.8. The SMILES string of the molecule is FP(F)(F)(F)c1ccccc1. The van der Waals surface area contributed by atoms with E-state index in [9.17, 15) is 16.8 Å². The summed E-state index contributed by atoms with van der Waals surface area (Å²) in [6.07, 6.45) is 0. The van der Waals surface area contributed by atoms with Gasteiger partial charge >= 0.3 is 60.3 Å². The fourth-order valence-corrected chi connectivity index (χ4v) is 1.28. The van der Waals surface area contributed by atoms with Gasteiger partial charge in [-0.1, -0.05) is 0 Å². The summed E-state index contributed by atoms with van der Waals surface area (Å²) in [6.45, 7) is 0. The van der Waals surface area contributed by atoms with Crippen LogP contribution in [0.1, 0.15) is 0 Å². The molecule has 0 aliphatic rings. The monoisotopic (exact) mass is 184 g/mol. The summed E-state index contributed by atoms with van der Waals surface area (Å²) in [5.74, 6) is 0. The van der Waals surface area contributed by atoms with Crippen LogP contribution in [0.15, 0.2) is 30.3 Å². The van der Waals surface area contributed by atoms with E-state index in [-0.39, 0.29) is 0 Å². The van der Waals surface area contributed by atoms with E-state index in [1.807, 2.05) is 0 Å². The molecule has 0 saturated heterocycles. The van der Waals surface area contributed by atoms with Crippen LogP contribution < -0.4 is 5.30 Å². The Hall–Kier alpha value is -0.630. The molecule has 62 valence electrons. The molecule has 5 heteroatoms. The number of halogens is 4. The van der Waals surface area contributed by atoms with Crippen molar-refractivity contribution in [2.24, 2.45) is 0 Å². The number of rotatable bonds is 1. The topological polar surface area (TPSA) is 0 Å². The van der Waals surface area contributed by atoms with Gasteiger partial charge in [-0.25, -0.2) is 0 Å². The summed E-state index contributed by atoms with van der Waals surface area (Å²) in [7, 11) is -7.49. The Kier molecular flexibility index (Phi) is 1.67. The van der Waals surface area contributed by atoms with E-state index >= 15 is 0 Å². The molecule has 0 aliphatic carbocycles. The number of benzene rings is 1. The van der Waals surface area contributed by atoms with Crippen LogP contribution in [-0.2, 0) is 0 Å². The quantitative estimate of drug-likeness (QED) is 0.463. The van der Waals surface area contributed by atoms with Crippen LogP contribution in [0.5, 0.6) is 0 Å². The summed E-state index contributed by atoms with van der Waals surface area (Å²) in [5.41, 5.74) is 0. The van der Waals surface area contributed by atoms with Crippen LogP contribution in [0.3, 0.4) is 0 Å². The molecule has 0 N–H and O–H groups in total. The molecular formula is C6H5F4P. The van der Waals surface area contributed by atoms with Gasteiger partial charge in [0.15, 0.2) is 0 Å². The molecule has 0 atom stereocenters. The number of hydrogen-bond donors (Lipinski definition) is 0. The Morgan fingerprint density at radius 3 is 1.55 bits per heavy atom. The molecule has 0 unspecified atom stereocenters. The Bertz CT molecular complexity index is 241. The Morgan fingerprint density at radius 1 is 0.818 bits per heavy atom. The van der Waals surface area contributed by atoms with Gasteiger partial charge in [0.2, 0.25) is 0 Å². The van der Waals surface area contributed by atoms with E-state index < -0.39 is 13.2 Å². The van der Waals surface area contributed by atoms with Gasteiger partial charge in [0.05, 0.1) is 0 Å². The molecule has 0 heterocycles. The van der Waals surface area contributed by atoms with Gasteiger partial charge in [0, 0.05) is 0 Å². The molecule has 0 spiro atoms. The van der Waals surface area contributed by atoms with Crippen molar-refractivity contribution < 1.29 is 16.8 Å². The first-order valence-electron chi connectivity index (χ1n) is 2.81. The second-order valence-electron chi connectivity index (χ2n) is 2.06. The van der Waals surface area contributed by atoms with Crippen LogP contribution in [0.2, 0.25) is 0 Å². The molecule has 0 fully saturated rings. The van der Waals surface area contributed by atoms with Crippen LogP contribution in [-0.4, -0.2) is 0 Å². The van der Waals surface area contributed by atoms with Gasteiger partial charge in [-0.15, -0.1) is 0 Å². The zero-order chi connectivity index (χ0) is 8.56. The van der Waals surface area contributed by atoms with Crippen molar-refractivity contribution in [1.82, 2.24) is 0 Å². The molecule has 0 nitrogen and oxygen atoms in total. The van der Waals surface area contributed by atoms with Gasteiger partial charge in [-0.3, -0.25) is 0 Å². The first kappa shape index (κ1) is 8.47. The molecule has 0 aliphatic heterocycles. The van der Waals surface area contributed by atoms with Crippen molar-refractivity contribution in [1.29, 1.82) is 0 Å². The third kappa shape index (κ3) is 2.15. The van der Waals surface area contributed by atoms with Crippen LogP contribution in [0.25, 0.3) is 0 Å². The Morgan fingerprint density at radius 2 is 1.27 bits per heavy atom. The summed E-state index contributed by atoms with van der Waals surface area (Å²) in [5, 5.41) is -1.15. The van der Waals surface area contributed by atoms with Gasteiger partial charge < -0.3 is 0 Å². The van der Waals surface area contributed by atoms with Gasteiger partial charge in [-0.05, 0) is 0 Å². The van der Waals surface area contributed by atoms with Crippen molar-refractivity contribution >= 4 is 13.2 Å². The Labute approximate surface area is 61.3 Å². The normalized spacial score (nSPS) is 15.5. The molecule has 0 aromatic heterocycles. The number of hydrogen-bond acceptors (Lipinski definition) is 0. The first-order valence-corrected chi connectivity index (χ1v) is 4.61. The molecule has 0 radical (unpaired) electrons. The van der Waals surface area contributed by atoms with Gasteiger partial charge in [0.25, 0.3) is 0 Å². The predicted molar refractivity (Wildman–Crippen MR) is 37.4 cm³/mol. The van der Waals surface area contributed by atoms with Gasteiger partial charge in [0.1, 0.15) is 0 Å². The van der Waals surface area contributed by atoms with Crippen LogP contribution in [0.4, 0.5) is 16.8 Å². The van der Waals surface area contributed by atoms with E-state index in [0.717, 1.165) is 24.3 Å². The van der Waals surface area contributed by atoms with E-state index in [4.69, 9.17) is 0 Å². The van der Waals surface area contributed by atoms with Crippen LogP contribution >= 0.6 is 7.85 Å². The zero-order valence-electron chi connectivity index (χ0n) is 5.35. The fraction of sp³-hybridized carbons (Fsp3) is 0. The molecule has 1 rings (SSSR count). The molecule has 1 aromatic carbocycles. The van der Waals surface area contributed by atoms with Crippen LogP contribution in [0, 0.1) is 0 Å². The third-order valence-corrected chi connectivity index (χ3v) is 2.23. The zero-order valence-corrected chi connectivity index (χ0v) is 6.24. The third-order valence-electron chi connectivity index (χ3n) is 1.15. The Balaban J connectivity index is 3.14. The summed E-state index contributed by atoms with van der Waals surface area (Å²) >= 11 is 0. The predicted octanol–water partition coefficient (Wildman–Crippen LogP) is 3.40. The molecule has 0 bridgehead atoms. The van der Waals surface area contributed by atoms with Crippen molar-refractivity contribution in [2.75, 3.05) is 0 Å². The van der Waals surface area contributed by atoms with E-state index in [2.05, 4.69) is 0 Å². The van der Waals surface area contributed by atoms with Crippen molar-refractivity contribution in [3.63, 3.8) is 0 Å². The second kappa shape index (κ2) is 2.18. The standard InChI is InChI=1S/C6H5F4P/c7-11(8,9,10)6-4-2-1-3-5-6/h1-5H. The molecule has 0 amide bonds. The van der Waals surface area contributed by atoms with E-state index in [1.165, 1.54) is 6.07 Å². The molecule has 0 saturated carbocycles. The maximum absolute atomic E-state index is 11.9. The average Bonchev–Trinajstić information content (AvgIpc) is 1.86. The average molecular weight is 184 g/mol. The van der Waals surface area contributed by atoms with E-state index in [0.29, 0.717) is 0 Å². The van der Waals surface area contributed by atoms with Gasteiger partial charge in [-0.2, -0.15) is 0 Å². The minimum atomic E-state index is -7.49. The first-order chi connectivity index (χ1) is 4.86. The fourth-order valence-electron chi connectivity index (χ4n) is 0.653. The molecular weight excluding hydrogens is 179 g/mol. The molecule has 1 aromatic rings. The minimum absolute atomic E-state index is 0.734. The molecule has 11 heavy (non-hydrogen) atoms. The van der Waals surface area contributed by atoms with Crippen molar-refractivity contribution in [3.05, 3.63) is 30.3 Å². The maximum atomic E-state index is 11.9. The van der Waals surface area contributed by atoms with Crippen molar-refractivity contribution in [2.45, 2.75) is 0 Å².